The molecule has 2 saturated heterocycles. The predicted octanol–water partition coefficient (Wildman–Crippen LogP) is 2.12. The number of benzene rings is 1. The molecule has 2 aromatic rings. The van der Waals surface area contributed by atoms with Gasteiger partial charge in [0, 0.05) is 7.11 Å². The molecule has 0 aliphatic carbocycles. The van der Waals surface area contributed by atoms with E-state index in [0.717, 1.165) is 21.8 Å². The third-order valence-corrected chi connectivity index (χ3v) is 7.09. The normalized spacial score (nSPS) is 31.5. The molecule has 2 aliphatic rings. The van der Waals surface area contributed by atoms with E-state index in [2.05, 4.69) is 4.98 Å². The first-order valence-electron chi connectivity index (χ1n) is 7.78. The Kier molecular flexibility index (Phi) is 4.13. The first-order valence-corrected chi connectivity index (χ1v) is 10.1. The van der Waals surface area contributed by atoms with Gasteiger partial charge in [-0.15, -0.1) is 11.3 Å². The number of ether oxygens (including phenoxy) is 4. The number of para-hydroxylation sites is 1. The third-order valence-electron chi connectivity index (χ3n) is 4.11. The largest absolute Gasteiger partial charge is 0.376 e. The molecule has 4 atom stereocenters. The van der Waals surface area contributed by atoms with Gasteiger partial charge in [0.05, 0.1) is 26.2 Å². The number of thiazole rings is 1. The average molecular weight is 384 g/mol. The molecular formula is C16H18NO6S2-. The van der Waals surface area contributed by atoms with E-state index in [-0.39, 0.29) is 4.34 Å². The van der Waals surface area contributed by atoms with Crippen molar-refractivity contribution in [2.45, 2.75) is 48.6 Å². The smallest absolute Gasteiger partial charge is 0.183 e. The Labute approximate surface area is 149 Å². The van der Waals surface area contributed by atoms with Gasteiger partial charge in [-0.25, -0.2) is 4.98 Å². The van der Waals surface area contributed by atoms with Crippen LogP contribution < -0.4 is 0 Å². The molecule has 3 heterocycles. The summed E-state index contributed by atoms with van der Waals surface area (Å²) < 4.78 is 48.9. The summed E-state index contributed by atoms with van der Waals surface area (Å²) in [6.45, 7) is 3.55. The number of hydrogen-bond donors (Lipinski definition) is 0. The highest BCUT2D eigenvalue weighted by Crippen LogP contribution is 2.41. The summed E-state index contributed by atoms with van der Waals surface area (Å²) in [4.78, 5) is 4.22. The Bertz CT molecular complexity index is 860. The topological polar surface area (TPSA) is 84.0 Å². The van der Waals surface area contributed by atoms with Crippen molar-refractivity contribution >= 4 is 31.4 Å². The SMILES string of the molecule is CO[C@@H]1O[C@H]([CH-]S(=O)(=O)c2nc3ccccc3s2)C2OC(C)(C)OC21. The van der Waals surface area contributed by atoms with Crippen LogP contribution in [0.1, 0.15) is 13.8 Å². The zero-order chi connectivity index (χ0) is 17.8. The monoisotopic (exact) mass is 384 g/mol. The maximum Gasteiger partial charge on any atom is 0.183 e. The van der Waals surface area contributed by atoms with Crippen molar-refractivity contribution in [3.8, 4) is 0 Å². The van der Waals surface area contributed by atoms with Gasteiger partial charge in [0.2, 0.25) is 0 Å². The lowest BCUT2D eigenvalue weighted by Gasteiger charge is -2.27. The third kappa shape index (κ3) is 3.09. The standard InChI is InChI=1S/C16H18NO6S2/c1-16(2)22-12-10(21-14(20-3)13(12)23-16)8-25(18,19)15-17-9-6-4-5-7-11(9)24-15/h4-8,10,12-14H,1-3H3/q-1/t10-,12?,13?,14-/m1/s1. The molecule has 0 spiro atoms. The fourth-order valence-electron chi connectivity index (χ4n) is 3.10. The van der Waals surface area contributed by atoms with Crippen LogP contribution >= 0.6 is 11.3 Å². The minimum Gasteiger partial charge on any atom is -0.376 e. The summed E-state index contributed by atoms with van der Waals surface area (Å²) in [6, 6.07) is 7.29. The van der Waals surface area contributed by atoms with Crippen molar-refractivity contribution in [2.75, 3.05) is 7.11 Å². The van der Waals surface area contributed by atoms with E-state index in [4.69, 9.17) is 18.9 Å². The van der Waals surface area contributed by atoms with Gasteiger partial charge in [0.25, 0.3) is 0 Å². The van der Waals surface area contributed by atoms with E-state index in [1.807, 2.05) is 18.2 Å². The van der Waals surface area contributed by atoms with E-state index < -0.39 is 40.2 Å². The fourth-order valence-corrected chi connectivity index (χ4v) is 5.61. The van der Waals surface area contributed by atoms with E-state index in [0.29, 0.717) is 5.52 Å². The van der Waals surface area contributed by atoms with Crippen molar-refractivity contribution < 1.29 is 27.4 Å². The van der Waals surface area contributed by atoms with Gasteiger partial charge in [0.1, 0.15) is 6.10 Å². The van der Waals surface area contributed by atoms with Crippen LogP contribution in [-0.2, 0) is 28.8 Å². The van der Waals surface area contributed by atoms with Crippen LogP contribution in [0.3, 0.4) is 0 Å². The number of rotatable bonds is 4. The highest BCUT2D eigenvalue weighted by atomic mass is 32.2. The molecule has 2 unspecified atom stereocenters. The molecule has 2 aliphatic heterocycles. The van der Waals surface area contributed by atoms with Gasteiger partial charge in [-0.3, -0.25) is 8.42 Å². The number of hydrogen-bond acceptors (Lipinski definition) is 8. The number of nitrogens with zero attached hydrogens (tertiary/aromatic N) is 1. The summed E-state index contributed by atoms with van der Waals surface area (Å²) in [5, 5.41) is 0. The summed E-state index contributed by atoms with van der Waals surface area (Å²) in [5.74, 6) is 0.327. The van der Waals surface area contributed by atoms with E-state index >= 15 is 0 Å². The quantitative estimate of drug-likeness (QED) is 0.747. The first-order chi connectivity index (χ1) is 11.8. The zero-order valence-corrected chi connectivity index (χ0v) is 15.5. The van der Waals surface area contributed by atoms with Crippen LogP contribution in [0.5, 0.6) is 0 Å². The Hall–Kier alpha value is -1.10. The van der Waals surface area contributed by atoms with Crippen molar-refractivity contribution in [2.24, 2.45) is 0 Å². The molecule has 2 fully saturated rings. The Morgan fingerprint density at radius 3 is 2.68 bits per heavy atom. The first kappa shape index (κ1) is 17.3. The number of aromatic nitrogens is 1. The Morgan fingerprint density at radius 2 is 1.96 bits per heavy atom. The molecule has 25 heavy (non-hydrogen) atoms. The van der Waals surface area contributed by atoms with Gasteiger partial charge >= 0.3 is 0 Å². The van der Waals surface area contributed by atoms with Crippen molar-refractivity contribution in [3.63, 3.8) is 0 Å². The minimum atomic E-state index is -3.75. The number of sulfone groups is 1. The maximum absolute atomic E-state index is 12.8. The van der Waals surface area contributed by atoms with Crippen molar-refractivity contribution in [1.29, 1.82) is 0 Å². The molecule has 0 N–H and O–H groups in total. The van der Waals surface area contributed by atoms with Crippen LogP contribution in [0.4, 0.5) is 0 Å². The minimum absolute atomic E-state index is 0.0351. The van der Waals surface area contributed by atoms with Crippen molar-refractivity contribution in [1.82, 2.24) is 4.98 Å². The van der Waals surface area contributed by atoms with Crippen molar-refractivity contribution in [3.05, 3.63) is 30.0 Å². The van der Waals surface area contributed by atoms with Gasteiger partial charge in [0.15, 0.2) is 16.4 Å². The Morgan fingerprint density at radius 1 is 1.24 bits per heavy atom. The summed E-state index contributed by atoms with van der Waals surface area (Å²) >= 11 is 1.13. The molecule has 4 rings (SSSR count). The van der Waals surface area contributed by atoms with E-state index in [9.17, 15) is 8.42 Å². The molecule has 7 nitrogen and oxygen atoms in total. The van der Waals surface area contributed by atoms with Gasteiger partial charge in [-0.05, 0) is 32.1 Å². The number of fused-ring (bicyclic) bond motifs is 2. The highest BCUT2D eigenvalue weighted by molar-refractivity contribution is 7.95. The lowest BCUT2D eigenvalue weighted by atomic mass is 10.2. The molecule has 1 aromatic heterocycles. The molecule has 0 bridgehead atoms. The average Bonchev–Trinajstić information content (AvgIpc) is 3.19. The van der Waals surface area contributed by atoms with Gasteiger partial charge in [-0.2, -0.15) is 5.75 Å². The summed E-state index contributed by atoms with van der Waals surface area (Å²) in [6.07, 6.45) is -2.51. The molecule has 9 heteroatoms. The second-order valence-electron chi connectivity index (χ2n) is 6.40. The second-order valence-corrected chi connectivity index (χ2v) is 9.44. The van der Waals surface area contributed by atoms with Crippen LogP contribution in [0.2, 0.25) is 0 Å². The lowest BCUT2D eigenvalue weighted by Crippen LogP contribution is -2.32. The summed E-state index contributed by atoms with van der Waals surface area (Å²) in [5.41, 5.74) is 0.654. The van der Waals surface area contributed by atoms with E-state index in [1.165, 1.54) is 7.11 Å². The van der Waals surface area contributed by atoms with Gasteiger partial charge in [-0.1, -0.05) is 12.1 Å². The Balaban J connectivity index is 1.60. The van der Waals surface area contributed by atoms with E-state index in [1.54, 1.807) is 19.9 Å². The van der Waals surface area contributed by atoms with Crippen LogP contribution in [0, 0.1) is 5.75 Å². The van der Waals surface area contributed by atoms with Gasteiger partial charge < -0.3 is 18.9 Å². The molecular weight excluding hydrogens is 366 g/mol. The zero-order valence-electron chi connectivity index (χ0n) is 13.9. The molecule has 1 aromatic carbocycles. The predicted molar refractivity (Wildman–Crippen MR) is 90.6 cm³/mol. The number of methoxy groups -OCH3 is 1. The molecule has 0 saturated carbocycles. The van der Waals surface area contributed by atoms with Crippen LogP contribution in [-0.4, -0.2) is 50.9 Å². The van der Waals surface area contributed by atoms with Crippen LogP contribution in [0.25, 0.3) is 10.2 Å². The molecule has 136 valence electrons. The summed E-state index contributed by atoms with van der Waals surface area (Å²) in [7, 11) is -2.26. The lowest BCUT2D eigenvalue weighted by molar-refractivity contribution is -0.222. The molecule has 0 amide bonds. The fraction of sp³-hybridized carbons (Fsp3) is 0.500. The second kappa shape index (κ2) is 5.97. The maximum atomic E-state index is 12.8. The highest BCUT2D eigenvalue weighted by Gasteiger charge is 2.53. The molecule has 0 radical (unpaired) electrons. The van der Waals surface area contributed by atoms with Crippen LogP contribution in [0.15, 0.2) is 28.6 Å².